The molecule has 0 amide bonds. The molecule has 0 heterocycles. The number of hydrogen-bond acceptors (Lipinski definition) is 2. The second-order valence-electron chi connectivity index (χ2n) is 4.29. The van der Waals surface area contributed by atoms with E-state index >= 15 is 0 Å². The van der Waals surface area contributed by atoms with E-state index in [1.807, 2.05) is 31.2 Å². The SMILES string of the molecule is Cc1ccc(C(N)COc2cccc(F)c2)cc1. The third kappa shape index (κ3) is 3.31. The predicted molar refractivity (Wildman–Crippen MR) is 70.0 cm³/mol. The molecule has 1 atom stereocenters. The fourth-order valence-corrected chi connectivity index (χ4v) is 1.65. The first kappa shape index (κ1) is 12.6. The molecule has 18 heavy (non-hydrogen) atoms. The van der Waals surface area contributed by atoms with Crippen molar-refractivity contribution in [1.82, 2.24) is 0 Å². The van der Waals surface area contributed by atoms with Crippen LogP contribution in [0.5, 0.6) is 5.75 Å². The lowest BCUT2D eigenvalue weighted by atomic mass is 10.1. The van der Waals surface area contributed by atoms with Gasteiger partial charge in [-0.3, -0.25) is 0 Å². The van der Waals surface area contributed by atoms with E-state index in [0.717, 1.165) is 5.56 Å². The quantitative estimate of drug-likeness (QED) is 0.897. The lowest BCUT2D eigenvalue weighted by molar-refractivity contribution is 0.289. The smallest absolute Gasteiger partial charge is 0.126 e. The van der Waals surface area contributed by atoms with Gasteiger partial charge in [-0.1, -0.05) is 35.9 Å². The third-order valence-electron chi connectivity index (χ3n) is 2.73. The van der Waals surface area contributed by atoms with Crippen molar-refractivity contribution in [2.45, 2.75) is 13.0 Å². The average Bonchev–Trinajstić information content (AvgIpc) is 2.37. The molecule has 0 radical (unpaired) electrons. The first-order valence-electron chi connectivity index (χ1n) is 5.85. The van der Waals surface area contributed by atoms with Crippen LogP contribution in [0.15, 0.2) is 48.5 Å². The van der Waals surface area contributed by atoms with Crippen LogP contribution < -0.4 is 10.5 Å². The highest BCUT2D eigenvalue weighted by Crippen LogP contribution is 2.16. The monoisotopic (exact) mass is 245 g/mol. The minimum atomic E-state index is -0.309. The largest absolute Gasteiger partial charge is 0.492 e. The van der Waals surface area contributed by atoms with Gasteiger partial charge in [0, 0.05) is 6.07 Å². The number of aryl methyl sites for hydroxylation is 1. The van der Waals surface area contributed by atoms with Gasteiger partial charge in [0.15, 0.2) is 0 Å². The fraction of sp³-hybridized carbons (Fsp3) is 0.200. The highest BCUT2D eigenvalue weighted by Gasteiger charge is 2.06. The first-order valence-corrected chi connectivity index (χ1v) is 5.85. The normalized spacial score (nSPS) is 12.2. The van der Waals surface area contributed by atoms with Gasteiger partial charge in [-0.05, 0) is 24.6 Å². The molecule has 0 aliphatic heterocycles. The molecule has 94 valence electrons. The molecule has 0 aliphatic rings. The Labute approximate surface area is 106 Å². The van der Waals surface area contributed by atoms with E-state index in [-0.39, 0.29) is 11.9 Å². The molecule has 0 spiro atoms. The van der Waals surface area contributed by atoms with Gasteiger partial charge in [-0.15, -0.1) is 0 Å². The number of halogens is 1. The molecule has 0 aliphatic carbocycles. The lowest BCUT2D eigenvalue weighted by Crippen LogP contribution is -2.18. The molecule has 2 nitrogen and oxygen atoms in total. The van der Waals surface area contributed by atoms with Crippen molar-refractivity contribution in [3.8, 4) is 5.75 Å². The van der Waals surface area contributed by atoms with Crippen molar-refractivity contribution in [3.05, 3.63) is 65.5 Å². The maximum absolute atomic E-state index is 12.9. The van der Waals surface area contributed by atoms with Crippen LogP contribution in [0, 0.1) is 12.7 Å². The standard InChI is InChI=1S/C15H16FNO/c1-11-5-7-12(8-6-11)15(17)10-18-14-4-2-3-13(16)9-14/h2-9,15H,10,17H2,1H3. The highest BCUT2D eigenvalue weighted by atomic mass is 19.1. The van der Waals surface area contributed by atoms with Crippen LogP contribution in [-0.4, -0.2) is 6.61 Å². The molecule has 2 N–H and O–H groups in total. The minimum Gasteiger partial charge on any atom is -0.492 e. The van der Waals surface area contributed by atoms with Crippen LogP contribution in [0.4, 0.5) is 4.39 Å². The molecular weight excluding hydrogens is 229 g/mol. The molecule has 0 bridgehead atoms. The summed E-state index contributed by atoms with van der Waals surface area (Å²) in [4.78, 5) is 0. The molecule has 2 rings (SSSR count). The van der Waals surface area contributed by atoms with Crippen LogP contribution in [0.3, 0.4) is 0 Å². The summed E-state index contributed by atoms with van der Waals surface area (Å²) in [5.74, 6) is 0.189. The Morgan fingerprint density at radius 2 is 1.89 bits per heavy atom. The molecular formula is C15H16FNO. The molecule has 2 aromatic rings. The summed E-state index contributed by atoms with van der Waals surface area (Å²) >= 11 is 0. The summed E-state index contributed by atoms with van der Waals surface area (Å²) in [5.41, 5.74) is 8.21. The summed E-state index contributed by atoms with van der Waals surface area (Å²) < 4.78 is 18.4. The maximum Gasteiger partial charge on any atom is 0.126 e. The first-order chi connectivity index (χ1) is 8.65. The van der Waals surface area contributed by atoms with Gasteiger partial charge >= 0.3 is 0 Å². The summed E-state index contributed by atoms with van der Waals surface area (Å²) in [7, 11) is 0. The third-order valence-corrected chi connectivity index (χ3v) is 2.73. The average molecular weight is 245 g/mol. The molecule has 0 saturated heterocycles. The Hall–Kier alpha value is -1.87. The highest BCUT2D eigenvalue weighted by molar-refractivity contribution is 5.25. The van der Waals surface area contributed by atoms with Gasteiger partial charge in [0.2, 0.25) is 0 Å². The van der Waals surface area contributed by atoms with Gasteiger partial charge in [-0.25, -0.2) is 4.39 Å². The van der Waals surface area contributed by atoms with Crippen molar-refractivity contribution in [2.75, 3.05) is 6.61 Å². The molecule has 2 aromatic carbocycles. The zero-order chi connectivity index (χ0) is 13.0. The Kier molecular flexibility index (Phi) is 3.95. The van der Waals surface area contributed by atoms with Gasteiger partial charge < -0.3 is 10.5 Å². The van der Waals surface area contributed by atoms with Gasteiger partial charge in [0.05, 0.1) is 6.04 Å². The topological polar surface area (TPSA) is 35.2 Å². The van der Waals surface area contributed by atoms with Gasteiger partial charge in [-0.2, -0.15) is 0 Å². The Morgan fingerprint density at radius 1 is 1.17 bits per heavy atom. The molecule has 1 unspecified atom stereocenters. The van der Waals surface area contributed by atoms with Gasteiger partial charge in [0.25, 0.3) is 0 Å². The van der Waals surface area contributed by atoms with Crippen LogP contribution in [0.1, 0.15) is 17.2 Å². The zero-order valence-electron chi connectivity index (χ0n) is 10.3. The number of benzene rings is 2. The second-order valence-corrected chi connectivity index (χ2v) is 4.29. The van der Waals surface area contributed by atoms with Gasteiger partial charge in [0.1, 0.15) is 18.2 Å². The maximum atomic E-state index is 12.9. The lowest BCUT2D eigenvalue weighted by Gasteiger charge is -2.13. The summed E-state index contributed by atoms with van der Waals surface area (Å²) in [5, 5.41) is 0. The van der Waals surface area contributed by atoms with Crippen LogP contribution in [0.2, 0.25) is 0 Å². The van der Waals surface area contributed by atoms with Crippen LogP contribution in [-0.2, 0) is 0 Å². The van der Waals surface area contributed by atoms with E-state index in [1.54, 1.807) is 12.1 Å². The van der Waals surface area contributed by atoms with E-state index in [1.165, 1.54) is 17.7 Å². The fourth-order valence-electron chi connectivity index (χ4n) is 1.65. The molecule has 0 saturated carbocycles. The summed E-state index contributed by atoms with van der Waals surface area (Å²) in [6.45, 7) is 2.35. The second kappa shape index (κ2) is 5.65. The number of rotatable bonds is 4. The van der Waals surface area contributed by atoms with Crippen LogP contribution in [0.25, 0.3) is 0 Å². The summed E-state index contributed by atoms with van der Waals surface area (Å²) in [6, 6.07) is 13.8. The van der Waals surface area contributed by atoms with E-state index in [0.29, 0.717) is 12.4 Å². The van der Waals surface area contributed by atoms with E-state index in [2.05, 4.69) is 0 Å². The number of ether oxygens (including phenoxy) is 1. The Morgan fingerprint density at radius 3 is 2.56 bits per heavy atom. The van der Waals surface area contributed by atoms with Crippen molar-refractivity contribution in [3.63, 3.8) is 0 Å². The van der Waals surface area contributed by atoms with E-state index in [9.17, 15) is 4.39 Å². The predicted octanol–water partition coefficient (Wildman–Crippen LogP) is 3.21. The minimum absolute atomic E-state index is 0.214. The van der Waals surface area contributed by atoms with E-state index in [4.69, 9.17) is 10.5 Å². The van der Waals surface area contributed by atoms with E-state index < -0.39 is 0 Å². The molecule has 3 heteroatoms. The Balaban J connectivity index is 1.96. The number of nitrogens with two attached hydrogens (primary N) is 1. The Bertz CT molecular complexity index is 510. The van der Waals surface area contributed by atoms with Crippen LogP contribution >= 0.6 is 0 Å². The molecule has 0 fully saturated rings. The van der Waals surface area contributed by atoms with Crippen molar-refractivity contribution < 1.29 is 9.13 Å². The zero-order valence-corrected chi connectivity index (χ0v) is 10.3. The van der Waals surface area contributed by atoms with Crippen molar-refractivity contribution in [1.29, 1.82) is 0 Å². The number of hydrogen-bond donors (Lipinski definition) is 1. The van der Waals surface area contributed by atoms with Crippen molar-refractivity contribution in [2.24, 2.45) is 5.73 Å². The summed E-state index contributed by atoms with van der Waals surface area (Å²) in [6.07, 6.45) is 0. The van der Waals surface area contributed by atoms with Crippen molar-refractivity contribution >= 4 is 0 Å². The molecule has 0 aromatic heterocycles.